The summed E-state index contributed by atoms with van der Waals surface area (Å²) in [6, 6.07) is 0. The minimum atomic E-state index is -0.820. The zero-order valence-electron chi connectivity index (χ0n) is 14.9. The molecular weight excluding hydrogens is 332 g/mol. The smallest absolute Gasteiger partial charge is 0.430 e. The van der Waals surface area contributed by atoms with Crippen molar-refractivity contribution in [3.8, 4) is 0 Å². The van der Waals surface area contributed by atoms with E-state index in [9.17, 15) is 14.4 Å². The summed E-state index contributed by atoms with van der Waals surface area (Å²) in [6.45, 7) is 9.78. The number of esters is 1. The normalized spacial score (nSPS) is 15.3. The molecule has 1 aliphatic heterocycles. The van der Waals surface area contributed by atoms with Crippen LogP contribution in [0.25, 0.3) is 0 Å². The van der Waals surface area contributed by atoms with E-state index in [1.165, 1.54) is 12.3 Å². The molecule has 0 saturated heterocycles. The van der Waals surface area contributed by atoms with Gasteiger partial charge in [0.1, 0.15) is 17.7 Å². The van der Waals surface area contributed by atoms with Crippen molar-refractivity contribution in [3.63, 3.8) is 0 Å². The van der Waals surface area contributed by atoms with Crippen molar-refractivity contribution in [2.24, 2.45) is 0 Å². The zero-order valence-corrected chi connectivity index (χ0v) is 15.7. The lowest BCUT2D eigenvalue weighted by molar-refractivity contribution is -0.162. The molecular formula is C16H24N2O5S. The van der Waals surface area contributed by atoms with Gasteiger partial charge in [-0.05, 0) is 47.6 Å². The Morgan fingerprint density at radius 3 is 2.17 bits per heavy atom. The lowest BCUT2D eigenvalue weighted by atomic mass is 10.2. The van der Waals surface area contributed by atoms with Crippen molar-refractivity contribution in [2.75, 3.05) is 6.54 Å². The molecule has 2 amide bonds. The molecule has 0 saturated carbocycles. The Kier molecular flexibility index (Phi) is 6.10. The van der Waals surface area contributed by atoms with Crippen LogP contribution < -0.4 is 0 Å². The van der Waals surface area contributed by atoms with Crippen molar-refractivity contribution in [1.29, 1.82) is 0 Å². The third kappa shape index (κ3) is 6.66. The van der Waals surface area contributed by atoms with Gasteiger partial charge in [0, 0.05) is 11.1 Å². The number of rotatable bonds is 3. The van der Waals surface area contributed by atoms with E-state index in [4.69, 9.17) is 21.7 Å². The van der Waals surface area contributed by atoms with Gasteiger partial charge in [-0.1, -0.05) is 12.2 Å². The number of thiocarbonyl (C=S) groups is 1. The number of carbonyl (C=O) groups excluding carboxylic acids is 3. The molecule has 0 fully saturated rings. The number of allylic oxidation sites excluding steroid dienone is 1. The van der Waals surface area contributed by atoms with Gasteiger partial charge in [0.15, 0.2) is 0 Å². The lowest BCUT2D eigenvalue weighted by Crippen LogP contribution is -2.52. The van der Waals surface area contributed by atoms with Crippen molar-refractivity contribution < 1.29 is 23.9 Å². The summed E-state index contributed by atoms with van der Waals surface area (Å²) in [5.74, 6) is -1.07. The second kappa shape index (κ2) is 7.29. The number of hydrazine groups is 1. The predicted molar refractivity (Wildman–Crippen MR) is 92.0 cm³/mol. The van der Waals surface area contributed by atoms with Gasteiger partial charge in [0.2, 0.25) is 0 Å². The fourth-order valence-electron chi connectivity index (χ4n) is 1.78. The number of carbonyl (C=O) groups is 3. The summed E-state index contributed by atoms with van der Waals surface area (Å²) in [7, 11) is 0. The molecule has 0 N–H and O–H groups in total. The van der Waals surface area contributed by atoms with Crippen LogP contribution in [0.5, 0.6) is 0 Å². The zero-order chi connectivity index (χ0) is 18.7. The standard InChI is InChI=1S/C16H24N2O5S/c1-15(2,3)22-13(20)10-18(14(21)23-16(4,5)6)17-8-7-11(24)9-12(17)19/h7-8H,9-10H2,1-6H3. The molecule has 0 aromatic carbocycles. The molecule has 0 atom stereocenters. The summed E-state index contributed by atoms with van der Waals surface area (Å²) < 4.78 is 10.5. The molecule has 1 aliphatic rings. The highest BCUT2D eigenvalue weighted by Gasteiger charge is 2.33. The van der Waals surface area contributed by atoms with E-state index in [0.717, 1.165) is 10.0 Å². The van der Waals surface area contributed by atoms with Crippen molar-refractivity contribution in [3.05, 3.63) is 12.3 Å². The molecule has 0 spiro atoms. The van der Waals surface area contributed by atoms with Crippen LogP contribution in [0.4, 0.5) is 4.79 Å². The SMILES string of the molecule is CC(C)(C)OC(=O)CN(C(=O)OC(C)(C)C)N1C=CC(=S)CC1=O. The number of amides is 2. The van der Waals surface area contributed by atoms with Crippen LogP contribution in [0.1, 0.15) is 48.0 Å². The summed E-state index contributed by atoms with van der Waals surface area (Å²) in [5, 5.41) is 1.95. The van der Waals surface area contributed by atoms with Gasteiger partial charge in [-0.15, -0.1) is 0 Å². The molecule has 8 heteroatoms. The third-order valence-corrected chi connectivity index (χ3v) is 2.83. The Balaban J connectivity index is 3.01. The van der Waals surface area contributed by atoms with Crippen LogP contribution in [-0.2, 0) is 19.1 Å². The van der Waals surface area contributed by atoms with E-state index in [1.54, 1.807) is 41.5 Å². The second-order valence-electron chi connectivity index (χ2n) is 7.32. The van der Waals surface area contributed by atoms with Gasteiger partial charge in [-0.3, -0.25) is 9.59 Å². The average molecular weight is 356 g/mol. The minimum absolute atomic E-state index is 0.0144. The van der Waals surface area contributed by atoms with Crippen molar-refractivity contribution >= 4 is 35.1 Å². The first-order valence-electron chi connectivity index (χ1n) is 7.54. The number of hydrogen-bond donors (Lipinski definition) is 0. The maximum absolute atomic E-state index is 12.4. The largest absolute Gasteiger partial charge is 0.459 e. The molecule has 0 radical (unpaired) electrons. The maximum atomic E-state index is 12.4. The van der Waals surface area contributed by atoms with Crippen molar-refractivity contribution in [1.82, 2.24) is 10.0 Å². The summed E-state index contributed by atoms with van der Waals surface area (Å²) in [4.78, 5) is 37.1. The molecule has 24 heavy (non-hydrogen) atoms. The highest BCUT2D eigenvalue weighted by atomic mass is 32.1. The first-order valence-corrected chi connectivity index (χ1v) is 7.95. The van der Waals surface area contributed by atoms with Gasteiger partial charge in [0.05, 0.1) is 6.42 Å². The monoisotopic (exact) mass is 356 g/mol. The fraction of sp³-hybridized carbons (Fsp3) is 0.625. The average Bonchev–Trinajstić information content (AvgIpc) is 2.32. The van der Waals surface area contributed by atoms with Crippen LogP contribution in [0.3, 0.4) is 0 Å². The molecule has 7 nitrogen and oxygen atoms in total. The Hall–Kier alpha value is -1.96. The van der Waals surface area contributed by atoms with Crippen LogP contribution in [0.2, 0.25) is 0 Å². The maximum Gasteiger partial charge on any atom is 0.430 e. The van der Waals surface area contributed by atoms with E-state index < -0.39 is 35.7 Å². The summed E-state index contributed by atoms with van der Waals surface area (Å²) in [6.07, 6.45) is 2.05. The first-order chi connectivity index (χ1) is 10.8. The Bertz CT molecular complexity index is 572. The van der Waals surface area contributed by atoms with Crippen LogP contribution in [0, 0.1) is 0 Å². The Labute approximate surface area is 147 Å². The first kappa shape index (κ1) is 20.1. The van der Waals surface area contributed by atoms with Crippen LogP contribution in [-0.4, -0.2) is 50.6 Å². The van der Waals surface area contributed by atoms with Gasteiger partial charge in [-0.25, -0.2) is 14.8 Å². The van der Waals surface area contributed by atoms with E-state index in [1.807, 2.05) is 0 Å². The van der Waals surface area contributed by atoms with E-state index >= 15 is 0 Å². The molecule has 0 aromatic heterocycles. The highest BCUT2D eigenvalue weighted by molar-refractivity contribution is 7.80. The number of ether oxygens (including phenoxy) is 2. The second-order valence-corrected chi connectivity index (χ2v) is 7.85. The third-order valence-electron chi connectivity index (χ3n) is 2.55. The van der Waals surface area contributed by atoms with Crippen molar-refractivity contribution in [2.45, 2.75) is 59.2 Å². The van der Waals surface area contributed by atoms with E-state index in [-0.39, 0.29) is 6.42 Å². The van der Waals surface area contributed by atoms with Gasteiger partial charge in [0.25, 0.3) is 5.91 Å². The predicted octanol–water partition coefficient (Wildman–Crippen LogP) is 2.60. The summed E-state index contributed by atoms with van der Waals surface area (Å²) in [5.41, 5.74) is -1.49. The minimum Gasteiger partial charge on any atom is -0.459 e. The number of hydrogen-bond acceptors (Lipinski definition) is 6. The molecule has 1 heterocycles. The van der Waals surface area contributed by atoms with E-state index in [2.05, 4.69) is 0 Å². The summed E-state index contributed by atoms with van der Waals surface area (Å²) >= 11 is 4.97. The molecule has 0 aliphatic carbocycles. The lowest BCUT2D eigenvalue weighted by Gasteiger charge is -2.35. The molecule has 0 aromatic rings. The van der Waals surface area contributed by atoms with Crippen LogP contribution >= 0.6 is 12.2 Å². The van der Waals surface area contributed by atoms with Gasteiger partial charge in [-0.2, -0.15) is 0 Å². The topological polar surface area (TPSA) is 76.2 Å². The Morgan fingerprint density at radius 2 is 1.71 bits per heavy atom. The molecule has 0 unspecified atom stereocenters. The Morgan fingerprint density at radius 1 is 1.17 bits per heavy atom. The number of nitrogens with zero attached hydrogens (tertiary/aromatic N) is 2. The quantitative estimate of drug-likeness (QED) is 0.571. The fourth-order valence-corrected chi connectivity index (χ4v) is 1.96. The highest BCUT2D eigenvalue weighted by Crippen LogP contribution is 2.17. The van der Waals surface area contributed by atoms with Gasteiger partial charge >= 0.3 is 12.1 Å². The molecule has 1 rings (SSSR count). The van der Waals surface area contributed by atoms with Crippen LogP contribution in [0.15, 0.2) is 12.3 Å². The molecule has 0 bridgehead atoms. The molecule has 134 valence electrons. The van der Waals surface area contributed by atoms with Gasteiger partial charge < -0.3 is 9.47 Å². The van der Waals surface area contributed by atoms with E-state index in [0.29, 0.717) is 4.86 Å².